The molecule has 4 saturated carbocycles. The van der Waals surface area contributed by atoms with E-state index in [1.807, 2.05) is 12.1 Å². The summed E-state index contributed by atoms with van der Waals surface area (Å²) < 4.78 is 5.41. The smallest absolute Gasteiger partial charge is 0.318 e. The first-order valence-corrected chi connectivity index (χ1v) is 12.9. The molecule has 4 bridgehead atoms. The van der Waals surface area contributed by atoms with E-state index in [1.54, 1.807) is 7.11 Å². The Hall–Kier alpha value is -2.95. The van der Waals surface area contributed by atoms with E-state index < -0.39 is 0 Å². The van der Waals surface area contributed by atoms with Gasteiger partial charge in [-0.2, -0.15) is 0 Å². The van der Waals surface area contributed by atoms with Crippen molar-refractivity contribution in [3.8, 4) is 5.75 Å². The Labute approximate surface area is 200 Å². The standard InChI is InChI=1S/C29H33N3O2/c1-34-22-8-6-21(7-9-22)27-26-24(23-4-2-3-5-25(23)30-26)10-11-32(27)28(33)31-29-15-18-12-19(16-29)14-20(13-18)17-29/h2-9,18-20,27,30H,10-17H2,1H3,(H,31,33)/t18?,19?,20?,27-,29?/m0/s1. The number of methoxy groups -OCH3 is 1. The Bertz CT molecular complexity index is 1210. The molecule has 5 heteroatoms. The van der Waals surface area contributed by atoms with Crippen molar-refractivity contribution >= 4 is 16.9 Å². The van der Waals surface area contributed by atoms with Gasteiger partial charge in [0.15, 0.2) is 0 Å². The van der Waals surface area contributed by atoms with Gasteiger partial charge in [-0.3, -0.25) is 0 Å². The van der Waals surface area contributed by atoms with Gasteiger partial charge in [-0.25, -0.2) is 4.79 Å². The van der Waals surface area contributed by atoms with E-state index in [1.165, 1.54) is 49.5 Å². The van der Waals surface area contributed by atoms with Crippen molar-refractivity contribution in [2.75, 3.05) is 13.7 Å². The summed E-state index contributed by atoms with van der Waals surface area (Å²) in [6, 6.07) is 16.7. The molecule has 0 saturated heterocycles. The predicted molar refractivity (Wildman–Crippen MR) is 133 cm³/mol. The van der Waals surface area contributed by atoms with Crippen molar-refractivity contribution in [1.29, 1.82) is 0 Å². The third kappa shape index (κ3) is 3.16. The maximum absolute atomic E-state index is 14.0. The van der Waals surface area contributed by atoms with Crippen molar-refractivity contribution in [2.45, 2.75) is 56.5 Å². The van der Waals surface area contributed by atoms with Crippen LogP contribution in [0.2, 0.25) is 0 Å². The number of urea groups is 1. The highest BCUT2D eigenvalue weighted by Crippen LogP contribution is 2.55. The van der Waals surface area contributed by atoms with Crippen LogP contribution in [0, 0.1) is 17.8 Å². The molecule has 5 nitrogen and oxygen atoms in total. The van der Waals surface area contributed by atoms with Gasteiger partial charge in [-0.1, -0.05) is 30.3 Å². The van der Waals surface area contributed by atoms with Crippen molar-refractivity contribution < 1.29 is 9.53 Å². The average molecular weight is 456 g/mol. The van der Waals surface area contributed by atoms with Gasteiger partial charge in [0.2, 0.25) is 0 Å². The summed E-state index contributed by atoms with van der Waals surface area (Å²) in [4.78, 5) is 19.8. The Morgan fingerprint density at radius 2 is 1.68 bits per heavy atom. The summed E-state index contributed by atoms with van der Waals surface area (Å²) in [5.41, 5.74) is 4.77. The molecule has 4 aliphatic carbocycles. The zero-order valence-electron chi connectivity index (χ0n) is 19.8. The van der Waals surface area contributed by atoms with Gasteiger partial charge in [0.25, 0.3) is 0 Å². The zero-order valence-corrected chi connectivity index (χ0v) is 19.8. The van der Waals surface area contributed by atoms with E-state index in [0.29, 0.717) is 0 Å². The number of ether oxygens (including phenoxy) is 1. The second-order valence-electron chi connectivity index (χ2n) is 11.3. The molecule has 3 aromatic rings. The SMILES string of the molecule is COc1ccc([C@H]2c3[nH]c4ccccc4c3CCN2C(=O)NC23CC4CC(CC(C4)C2)C3)cc1. The molecule has 1 aromatic heterocycles. The lowest BCUT2D eigenvalue weighted by atomic mass is 9.53. The molecule has 5 aliphatic rings. The molecule has 0 radical (unpaired) electrons. The molecule has 0 spiro atoms. The Morgan fingerprint density at radius 3 is 2.35 bits per heavy atom. The second-order valence-corrected chi connectivity index (χ2v) is 11.3. The number of fused-ring (bicyclic) bond motifs is 3. The summed E-state index contributed by atoms with van der Waals surface area (Å²) in [6.45, 7) is 0.726. The molecule has 2 aromatic carbocycles. The van der Waals surface area contributed by atoms with E-state index >= 15 is 0 Å². The number of carbonyl (C=O) groups is 1. The second kappa shape index (κ2) is 7.53. The fraction of sp³-hybridized carbons (Fsp3) is 0.483. The van der Waals surface area contributed by atoms with Gasteiger partial charge in [0.05, 0.1) is 13.2 Å². The van der Waals surface area contributed by atoms with Crippen molar-refractivity contribution in [2.24, 2.45) is 17.8 Å². The minimum Gasteiger partial charge on any atom is -0.497 e. The van der Waals surface area contributed by atoms with Crippen LogP contribution in [0.3, 0.4) is 0 Å². The highest BCUT2D eigenvalue weighted by Gasteiger charge is 2.52. The average Bonchev–Trinajstić information content (AvgIpc) is 3.21. The van der Waals surface area contributed by atoms with Gasteiger partial charge < -0.3 is 19.9 Å². The maximum atomic E-state index is 14.0. The number of amides is 2. The van der Waals surface area contributed by atoms with E-state index in [-0.39, 0.29) is 17.6 Å². The van der Waals surface area contributed by atoms with E-state index in [9.17, 15) is 4.79 Å². The first-order valence-electron chi connectivity index (χ1n) is 12.9. The number of aromatic nitrogens is 1. The van der Waals surface area contributed by atoms with Gasteiger partial charge in [-0.15, -0.1) is 0 Å². The highest BCUT2D eigenvalue weighted by molar-refractivity contribution is 5.86. The lowest BCUT2D eigenvalue weighted by Crippen LogP contribution is -2.62. The lowest BCUT2D eigenvalue weighted by molar-refractivity contribution is -0.0163. The van der Waals surface area contributed by atoms with Gasteiger partial charge in [-0.05, 0) is 92.0 Å². The third-order valence-corrected chi connectivity index (χ3v) is 9.14. The molecule has 0 unspecified atom stereocenters. The topological polar surface area (TPSA) is 57.4 Å². The van der Waals surface area contributed by atoms with E-state index in [4.69, 9.17) is 4.74 Å². The fourth-order valence-electron chi connectivity index (χ4n) is 8.15. The van der Waals surface area contributed by atoms with Crippen molar-refractivity contribution in [3.05, 3.63) is 65.4 Å². The number of benzene rings is 2. The van der Waals surface area contributed by atoms with Gasteiger partial charge in [0, 0.05) is 28.7 Å². The predicted octanol–water partition coefficient (Wildman–Crippen LogP) is 5.80. The fourth-order valence-corrected chi connectivity index (χ4v) is 8.15. The molecule has 8 rings (SSSR count). The van der Waals surface area contributed by atoms with Gasteiger partial charge in [0.1, 0.15) is 5.75 Å². The maximum Gasteiger partial charge on any atom is 0.318 e. The van der Waals surface area contributed by atoms with E-state index in [0.717, 1.165) is 53.2 Å². The number of aromatic amines is 1. The van der Waals surface area contributed by atoms with Crippen molar-refractivity contribution in [1.82, 2.24) is 15.2 Å². The third-order valence-electron chi connectivity index (χ3n) is 9.14. The van der Waals surface area contributed by atoms with Crippen LogP contribution in [0.1, 0.15) is 61.4 Å². The Morgan fingerprint density at radius 1 is 1.00 bits per heavy atom. The first kappa shape index (κ1) is 20.4. The summed E-state index contributed by atoms with van der Waals surface area (Å²) in [7, 11) is 1.69. The number of nitrogens with one attached hydrogen (secondary N) is 2. The van der Waals surface area contributed by atoms with Crippen LogP contribution in [0.4, 0.5) is 4.79 Å². The first-order chi connectivity index (χ1) is 16.6. The number of nitrogens with zero attached hydrogens (tertiary/aromatic N) is 1. The van der Waals surface area contributed by atoms with E-state index in [2.05, 4.69) is 51.6 Å². The number of para-hydroxylation sites is 1. The zero-order chi connectivity index (χ0) is 22.9. The number of hydrogen-bond donors (Lipinski definition) is 2. The number of rotatable bonds is 3. The molecule has 1 atom stereocenters. The van der Waals surface area contributed by atoms with Crippen LogP contribution < -0.4 is 10.1 Å². The summed E-state index contributed by atoms with van der Waals surface area (Å²) in [5.74, 6) is 3.27. The van der Waals surface area contributed by atoms with Gasteiger partial charge >= 0.3 is 6.03 Å². The van der Waals surface area contributed by atoms with Crippen LogP contribution in [0.5, 0.6) is 5.75 Å². The van der Waals surface area contributed by atoms with Crippen LogP contribution >= 0.6 is 0 Å². The number of carbonyl (C=O) groups excluding carboxylic acids is 1. The van der Waals surface area contributed by atoms with Crippen LogP contribution in [0.25, 0.3) is 10.9 Å². The Kier molecular flexibility index (Phi) is 4.52. The molecular weight excluding hydrogens is 422 g/mol. The number of H-pyrrole nitrogens is 1. The van der Waals surface area contributed by atoms with Crippen molar-refractivity contribution in [3.63, 3.8) is 0 Å². The monoisotopic (exact) mass is 455 g/mol. The molecule has 176 valence electrons. The summed E-state index contributed by atoms with van der Waals surface area (Å²) in [5, 5.41) is 4.90. The summed E-state index contributed by atoms with van der Waals surface area (Å²) >= 11 is 0. The lowest BCUT2D eigenvalue weighted by Gasteiger charge is -2.57. The molecule has 34 heavy (non-hydrogen) atoms. The Balaban J connectivity index is 1.26. The molecule has 2 N–H and O–H groups in total. The van der Waals surface area contributed by atoms with Crippen LogP contribution in [-0.4, -0.2) is 35.1 Å². The largest absolute Gasteiger partial charge is 0.497 e. The molecule has 1 aliphatic heterocycles. The quantitative estimate of drug-likeness (QED) is 0.524. The normalized spacial score (nSPS) is 31.5. The minimum absolute atomic E-state index is 0.0109. The van der Waals surface area contributed by atoms with Crippen LogP contribution in [0.15, 0.2) is 48.5 Å². The molecule has 2 amide bonds. The highest BCUT2D eigenvalue weighted by atomic mass is 16.5. The summed E-state index contributed by atoms with van der Waals surface area (Å²) in [6.07, 6.45) is 8.53. The minimum atomic E-state index is -0.129. The molecule has 4 fully saturated rings. The number of hydrogen-bond acceptors (Lipinski definition) is 2. The molecule has 2 heterocycles. The molecular formula is C29H33N3O2. The van der Waals surface area contributed by atoms with Crippen LogP contribution in [-0.2, 0) is 6.42 Å².